The second-order valence-electron chi connectivity index (χ2n) is 5.56. The van der Waals surface area contributed by atoms with E-state index in [1.165, 1.54) is 5.56 Å². The van der Waals surface area contributed by atoms with Crippen molar-refractivity contribution in [2.75, 3.05) is 31.1 Å². The number of hydrogen-bond acceptors (Lipinski definition) is 3. The van der Waals surface area contributed by atoms with Crippen LogP contribution in [0, 0.1) is 0 Å². The first-order chi connectivity index (χ1) is 10.7. The number of pyridine rings is 1. The Hall–Kier alpha value is -1.10. The fourth-order valence-corrected chi connectivity index (χ4v) is 3.71. The molecule has 2 aromatic rings. The highest BCUT2D eigenvalue weighted by molar-refractivity contribution is 9.10. The van der Waals surface area contributed by atoms with Crippen LogP contribution in [0.2, 0.25) is 5.02 Å². The van der Waals surface area contributed by atoms with Crippen molar-refractivity contribution in [1.29, 1.82) is 0 Å². The van der Waals surface area contributed by atoms with Crippen LogP contribution in [0.25, 0.3) is 0 Å². The van der Waals surface area contributed by atoms with E-state index < -0.39 is 0 Å². The molecule has 2 heterocycles. The van der Waals surface area contributed by atoms with Crippen molar-refractivity contribution in [1.82, 2.24) is 9.88 Å². The maximum Gasteiger partial charge on any atom is 0.143 e. The topological polar surface area (TPSA) is 19.4 Å². The number of nitrogens with zero attached hydrogens (tertiary/aromatic N) is 3. The van der Waals surface area contributed by atoms with E-state index in [1.54, 1.807) is 6.20 Å². The van der Waals surface area contributed by atoms with E-state index in [-0.39, 0.29) is 0 Å². The van der Waals surface area contributed by atoms with Crippen LogP contribution in [0.3, 0.4) is 0 Å². The lowest BCUT2D eigenvalue weighted by molar-refractivity contribution is 0.285. The molecule has 22 heavy (non-hydrogen) atoms. The van der Waals surface area contributed by atoms with Crippen molar-refractivity contribution >= 4 is 33.3 Å². The van der Waals surface area contributed by atoms with E-state index in [4.69, 9.17) is 11.6 Å². The Morgan fingerprint density at radius 1 is 1.09 bits per heavy atom. The van der Waals surface area contributed by atoms with Gasteiger partial charge in [-0.2, -0.15) is 0 Å². The molecule has 0 amide bonds. The molecule has 1 aromatic heterocycles. The minimum atomic E-state index is 0.663. The van der Waals surface area contributed by atoms with Crippen molar-refractivity contribution < 1.29 is 0 Å². The summed E-state index contributed by atoms with van der Waals surface area (Å²) in [5, 5.41) is 0.663. The molecule has 3 nitrogen and oxygen atoms in total. The number of benzene rings is 1. The van der Waals surface area contributed by atoms with E-state index in [2.05, 4.69) is 61.0 Å². The number of hydrogen-bond donors (Lipinski definition) is 0. The normalized spacial score (nSPS) is 16.5. The third-order valence-corrected chi connectivity index (χ3v) is 4.72. The minimum absolute atomic E-state index is 0.663. The highest BCUT2D eigenvalue weighted by Gasteiger charge is 2.18. The molecule has 5 heteroatoms. The predicted molar refractivity (Wildman–Crippen MR) is 95.5 cm³/mol. The largest absolute Gasteiger partial charge is 0.354 e. The lowest BCUT2D eigenvalue weighted by atomic mass is 10.2. The molecule has 3 rings (SSSR count). The molecule has 0 atom stereocenters. The molecule has 1 saturated heterocycles. The Labute approximate surface area is 145 Å². The van der Waals surface area contributed by atoms with Crippen molar-refractivity contribution in [2.24, 2.45) is 0 Å². The highest BCUT2D eigenvalue weighted by atomic mass is 79.9. The number of anilines is 1. The summed E-state index contributed by atoms with van der Waals surface area (Å²) >= 11 is 9.56. The monoisotopic (exact) mass is 379 g/mol. The van der Waals surface area contributed by atoms with Gasteiger partial charge in [0.1, 0.15) is 5.82 Å². The summed E-state index contributed by atoms with van der Waals surface area (Å²) < 4.78 is 0.969. The molecule has 1 fully saturated rings. The van der Waals surface area contributed by atoms with Crippen LogP contribution in [-0.2, 0) is 6.54 Å². The molecular weight excluding hydrogens is 362 g/mol. The molecule has 0 spiro atoms. The second kappa shape index (κ2) is 7.44. The lowest BCUT2D eigenvalue weighted by Gasteiger charge is -2.23. The van der Waals surface area contributed by atoms with E-state index in [0.717, 1.165) is 49.4 Å². The van der Waals surface area contributed by atoms with Crippen LogP contribution in [0.15, 0.2) is 47.1 Å². The van der Waals surface area contributed by atoms with Crippen LogP contribution in [0.1, 0.15) is 12.0 Å². The van der Waals surface area contributed by atoms with E-state index in [9.17, 15) is 0 Å². The summed E-state index contributed by atoms with van der Waals surface area (Å²) in [5.41, 5.74) is 1.38. The minimum Gasteiger partial charge on any atom is -0.354 e. The Bertz CT molecular complexity index is 621. The molecule has 1 aliphatic heterocycles. The average Bonchev–Trinajstić information content (AvgIpc) is 2.74. The van der Waals surface area contributed by atoms with E-state index >= 15 is 0 Å². The zero-order valence-electron chi connectivity index (χ0n) is 12.4. The summed E-state index contributed by atoms with van der Waals surface area (Å²) in [4.78, 5) is 9.33. The molecule has 0 radical (unpaired) electrons. The summed E-state index contributed by atoms with van der Waals surface area (Å²) in [6.07, 6.45) is 2.86. The first-order valence-corrected chi connectivity index (χ1v) is 8.72. The third kappa shape index (κ3) is 4.00. The van der Waals surface area contributed by atoms with Gasteiger partial charge in [-0.15, -0.1) is 0 Å². The van der Waals surface area contributed by atoms with Crippen molar-refractivity contribution in [3.63, 3.8) is 0 Å². The summed E-state index contributed by atoms with van der Waals surface area (Å²) in [5.74, 6) is 0.992. The van der Waals surface area contributed by atoms with Crippen LogP contribution in [0.4, 0.5) is 5.82 Å². The maximum absolute atomic E-state index is 5.98. The van der Waals surface area contributed by atoms with Crippen molar-refractivity contribution in [3.05, 3.63) is 57.7 Å². The first-order valence-electron chi connectivity index (χ1n) is 7.54. The predicted octanol–water partition coefficient (Wildman–Crippen LogP) is 4.21. The van der Waals surface area contributed by atoms with Crippen molar-refractivity contribution in [2.45, 2.75) is 13.0 Å². The Morgan fingerprint density at radius 2 is 1.91 bits per heavy atom. The molecule has 0 saturated carbocycles. The van der Waals surface area contributed by atoms with Gasteiger partial charge < -0.3 is 4.90 Å². The molecule has 0 aliphatic carbocycles. The van der Waals surface area contributed by atoms with Gasteiger partial charge in [-0.1, -0.05) is 41.9 Å². The summed E-state index contributed by atoms with van der Waals surface area (Å²) in [6.45, 7) is 5.20. The van der Waals surface area contributed by atoms with Gasteiger partial charge in [0.05, 0.1) is 9.50 Å². The number of halogens is 2. The van der Waals surface area contributed by atoms with Gasteiger partial charge >= 0.3 is 0 Å². The molecule has 0 N–H and O–H groups in total. The number of aromatic nitrogens is 1. The fourth-order valence-electron chi connectivity index (χ4n) is 2.82. The zero-order valence-corrected chi connectivity index (χ0v) is 14.7. The summed E-state index contributed by atoms with van der Waals surface area (Å²) in [7, 11) is 0. The van der Waals surface area contributed by atoms with Gasteiger partial charge in [0.25, 0.3) is 0 Å². The zero-order chi connectivity index (χ0) is 15.4. The Kier molecular flexibility index (Phi) is 5.34. The molecule has 0 unspecified atom stereocenters. The molecule has 1 aromatic carbocycles. The van der Waals surface area contributed by atoms with E-state index in [1.807, 2.05) is 6.07 Å². The standard InChI is InChI=1S/C17H19BrClN3/c18-16-11-15(19)12-20-17(16)22-8-4-7-21(9-10-22)13-14-5-2-1-3-6-14/h1-3,5-6,11-12H,4,7-10,13H2. The quantitative estimate of drug-likeness (QED) is 0.795. The van der Waals surface area contributed by atoms with Crippen molar-refractivity contribution in [3.8, 4) is 0 Å². The van der Waals surface area contributed by atoms with Crippen LogP contribution >= 0.6 is 27.5 Å². The highest BCUT2D eigenvalue weighted by Crippen LogP contribution is 2.27. The number of rotatable bonds is 3. The van der Waals surface area contributed by atoms with Gasteiger partial charge in [0, 0.05) is 38.9 Å². The molecule has 116 valence electrons. The average molecular weight is 381 g/mol. The van der Waals surface area contributed by atoms with Gasteiger partial charge in [0.2, 0.25) is 0 Å². The van der Waals surface area contributed by atoms with Crippen LogP contribution in [-0.4, -0.2) is 36.1 Å². The van der Waals surface area contributed by atoms with Gasteiger partial charge in [-0.25, -0.2) is 4.98 Å². The third-order valence-electron chi connectivity index (χ3n) is 3.93. The molecule has 1 aliphatic rings. The van der Waals surface area contributed by atoms with E-state index in [0.29, 0.717) is 5.02 Å². The lowest BCUT2D eigenvalue weighted by Crippen LogP contribution is -2.31. The molecule has 0 bridgehead atoms. The smallest absolute Gasteiger partial charge is 0.143 e. The Morgan fingerprint density at radius 3 is 2.68 bits per heavy atom. The first kappa shape index (κ1) is 15.8. The summed E-state index contributed by atoms with van der Waals surface area (Å²) in [6, 6.07) is 12.6. The van der Waals surface area contributed by atoms with Gasteiger partial charge in [-0.05, 0) is 34.0 Å². The van der Waals surface area contributed by atoms with Crippen LogP contribution < -0.4 is 4.90 Å². The van der Waals surface area contributed by atoms with Gasteiger partial charge in [-0.3, -0.25) is 4.90 Å². The van der Waals surface area contributed by atoms with Crippen LogP contribution in [0.5, 0.6) is 0 Å². The van der Waals surface area contributed by atoms with Gasteiger partial charge in [0.15, 0.2) is 0 Å². The fraction of sp³-hybridized carbons (Fsp3) is 0.353. The maximum atomic E-state index is 5.98. The molecular formula is C17H19BrClN3. The SMILES string of the molecule is Clc1cnc(N2CCCN(Cc3ccccc3)CC2)c(Br)c1. The Balaban J connectivity index is 1.64. The second-order valence-corrected chi connectivity index (χ2v) is 6.85.